The molecule has 0 aromatic heterocycles. The van der Waals surface area contributed by atoms with Crippen LogP contribution in [-0.4, -0.2) is 62.1 Å². The third-order valence-electron chi connectivity index (χ3n) is 3.91. The minimum atomic E-state index is -0.613. The first-order valence-electron chi connectivity index (χ1n) is 8.44. The van der Waals surface area contributed by atoms with E-state index in [2.05, 4.69) is 14.9 Å². The summed E-state index contributed by atoms with van der Waals surface area (Å²) in [6, 6.07) is 0. The molecule has 2 aliphatic rings. The minimum Gasteiger partial charge on any atom is -0.468 e. The van der Waals surface area contributed by atoms with E-state index in [1.165, 1.54) is 0 Å². The maximum Gasteiger partial charge on any atom is 0.336 e. The van der Waals surface area contributed by atoms with Crippen molar-refractivity contribution in [3.05, 3.63) is 46.2 Å². The van der Waals surface area contributed by atoms with E-state index in [0.717, 1.165) is 24.5 Å². The fraction of sp³-hybridized carbons (Fsp3) is 0.556. The van der Waals surface area contributed by atoms with Gasteiger partial charge in [0, 0.05) is 31.1 Å². The van der Waals surface area contributed by atoms with Crippen LogP contribution in [0.25, 0.3) is 4.85 Å². The van der Waals surface area contributed by atoms with Crippen LogP contribution in [0, 0.1) is 6.57 Å². The molecule has 0 N–H and O–H groups in total. The van der Waals surface area contributed by atoms with Gasteiger partial charge in [-0.3, -0.25) is 9.80 Å². The molecule has 25 heavy (non-hydrogen) atoms. The number of hydrogen-bond donors (Lipinski definition) is 0. The van der Waals surface area contributed by atoms with Gasteiger partial charge >= 0.3 is 5.97 Å². The zero-order valence-corrected chi connectivity index (χ0v) is 15.1. The van der Waals surface area contributed by atoms with Gasteiger partial charge in [-0.15, -0.1) is 0 Å². The highest BCUT2D eigenvalue weighted by atomic mass is 16.6. The Labute approximate surface area is 148 Å². The summed E-state index contributed by atoms with van der Waals surface area (Å²) in [5, 5.41) is 4.31. The molecule has 0 bridgehead atoms. The maximum absolute atomic E-state index is 12.2. The highest BCUT2D eigenvalue weighted by Gasteiger charge is 2.25. The van der Waals surface area contributed by atoms with Gasteiger partial charge in [-0.05, 0) is 38.5 Å². The number of morpholine rings is 1. The van der Waals surface area contributed by atoms with E-state index in [-0.39, 0.29) is 12.3 Å². The van der Waals surface area contributed by atoms with Crippen LogP contribution < -0.4 is 0 Å². The number of hydrazine groups is 1. The van der Waals surface area contributed by atoms with E-state index in [0.29, 0.717) is 32.0 Å². The second-order valence-electron chi connectivity index (χ2n) is 5.70. The smallest absolute Gasteiger partial charge is 0.336 e. The second kappa shape index (κ2) is 9.37. The third kappa shape index (κ3) is 4.92. The van der Waals surface area contributed by atoms with Gasteiger partial charge in [0.25, 0.3) is 5.70 Å². The van der Waals surface area contributed by atoms with Crippen molar-refractivity contribution in [2.45, 2.75) is 20.8 Å². The predicted octanol–water partition coefficient (Wildman–Crippen LogP) is 2.11. The lowest BCUT2D eigenvalue weighted by atomic mass is 10.1. The summed E-state index contributed by atoms with van der Waals surface area (Å²) >= 11 is 0. The third-order valence-corrected chi connectivity index (χ3v) is 3.91. The molecule has 2 aliphatic heterocycles. The zero-order chi connectivity index (χ0) is 18.2. The van der Waals surface area contributed by atoms with Crippen LogP contribution in [0.1, 0.15) is 20.8 Å². The monoisotopic (exact) mass is 347 g/mol. The number of nitrogens with zero attached hydrogens (tertiary/aromatic N) is 3. The topological polar surface area (TPSA) is 55.6 Å². The molecule has 0 saturated carbocycles. The standard InChI is InChI=1S/C18H25N3O4/c1-5-23-10-11-25-18(22)17(19-4)16-12-14(2)21(15(3)13-16)20-6-8-24-9-7-20/h12-13H,5-11H2,1-3H3. The molecule has 1 fully saturated rings. The summed E-state index contributed by atoms with van der Waals surface area (Å²) < 4.78 is 15.7. The molecule has 136 valence electrons. The van der Waals surface area contributed by atoms with Gasteiger partial charge in [0.05, 0.1) is 26.4 Å². The molecule has 0 amide bonds. The fourth-order valence-corrected chi connectivity index (χ4v) is 2.86. The summed E-state index contributed by atoms with van der Waals surface area (Å²) in [6.45, 7) is 17.2. The van der Waals surface area contributed by atoms with E-state index in [1.807, 2.05) is 32.9 Å². The molecular weight excluding hydrogens is 322 g/mol. The van der Waals surface area contributed by atoms with Crippen molar-refractivity contribution in [1.82, 2.24) is 10.0 Å². The Morgan fingerprint density at radius 1 is 1.24 bits per heavy atom. The summed E-state index contributed by atoms with van der Waals surface area (Å²) in [7, 11) is 0. The number of esters is 1. The first kappa shape index (κ1) is 19.2. The highest BCUT2D eigenvalue weighted by Crippen LogP contribution is 2.27. The Bertz CT molecular complexity index is 603. The van der Waals surface area contributed by atoms with Gasteiger partial charge in [0.2, 0.25) is 0 Å². The SMILES string of the molecule is [C-]#[N+]C(C(=O)OCCOCC)=C1C=C(C)N(N2CCOCC2)C(C)=C1. The van der Waals surface area contributed by atoms with Gasteiger partial charge in [0.1, 0.15) is 6.61 Å². The molecule has 2 heterocycles. The number of carbonyl (C=O) groups excluding carboxylic acids is 1. The van der Waals surface area contributed by atoms with Crippen LogP contribution in [0.15, 0.2) is 34.8 Å². The maximum atomic E-state index is 12.2. The molecule has 0 unspecified atom stereocenters. The summed E-state index contributed by atoms with van der Waals surface area (Å²) in [4.78, 5) is 15.6. The van der Waals surface area contributed by atoms with E-state index in [9.17, 15) is 4.79 Å². The number of hydrogen-bond acceptors (Lipinski definition) is 6. The van der Waals surface area contributed by atoms with Crippen molar-refractivity contribution >= 4 is 5.97 Å². The van der Waals surface area contributed by atoms with Gasteiger partial charge in [0.15, 0.2) is 0 Å². The molecule has 1 saturated heterocycles. The van der Waals surface area contributed by atoms with Crippen LogP contribution in [0.5, 0.6) is 0 Å². The van der Waals surface area contributed by atoms with Crippen molar-refractivity contribution in [2.24, 2.45) is 0 Å². The number of ether oxygens (including phenoxy) is 3. The largest absolute Gasteiger partial charge is 0.468 e. The van der Waals surface area contributed by atoms with Gasteiger partial charge in [-0.1, -0.05) is 0 Å². The Morgan fingerprint density at radius 3 is 2.44 bits per heavy atom. The van der Waals surface area contributed by atoms with Crippen LogP contribution in [0.4, 0.5) is 0 Å². The summed E-state index contributed by atoms with van der Waals surface area (Å²) in [5.41, 5.74) is 2.49. The van der Waals surface area contributed by atoms with E-state index in [4.69, 9.17) is 20.8 Å². The Morgan fingerprint density at radius 2 is 1.88 bits per heavy atom. The normalized spacial score (nSPS) is 18.3. The first-order chi connectivity index (χ1) is 12.1. The van der Waals surface area contributed by atoms with Crippen molar-refractivity contribution in [2.75, 3.05) is 46.1 Å². The molecule has 0 spiro atoms. The average molecular weight is 347 g/mol. The Balaban J connectivity index is 2.14. The molecule has 0 radical (unpaired) electrons. The lowest BCUT2D eigenvalue weighted by Gasteiger charge is -2.41. The van der Waals surface area contributed by atoms with Gasteiger partial charge in [-0.25, -0.2) is 9.85 Å². The summed E-state index contributed by atoms with van der Waals surface area (Å²) in [5.74, 6) is -0.613. The van der Waals surface area contributed by atoms with Crippen molar-refractivity contribution in [3.63, 3.8) is 0 Å². The predicted molar refractivity (Wildman–Crippen MR) is 92.8 cm³/mol. The van der Waals surface area contributed by atoms with E-state index >= 15 is 0 Å². The quantitative estimate of drug-likeness (QED) is 0.317. The molecule has 0 aromatic rings. The zero-order valence-electron chi connectivity index (χ0n) is 15.1. The molecule has 2 rings (SSSR count). The average Bonchev–Trinajstić information content (AvgIpc) is 2.60. The van der Waals surface area contributed by atoms with Crippen LogP contribution in [-0.2, 0) is 19.0 Å². The van der Waals surface area contributed by atoms with E-state index < -0.39 is 5.97 Å². The Hall–Kier alpha value is -2.14. The Kier molecular flexibility index (Phi) is 7.19. The van der Waals surface area contributed by atoms with Crippen LogP contribution in [0.3, 0.4) is 0 Å². The second-order valence-corrected chi connectivity index (χ2v) is 5.70. The number of allylic oxidation sites excluding steroid dienone is 5. The van der Waals surface area contributed by atoms with E-state index in [1.54, 1.807) is 0 Å². The molecule has 0 aromatic carbocycles. The summed E-state index contributed by atoms with van der Waals surface area (Å²) in [6.07, 6.45) is 3.69. The van der Waals surface area contributed by atoms with Crippen molar-refractivity contribution in [1.29, 1.82) is 0 Å². The molecule has 7 nitrogen and oxygen atoms in total. The van der Waals surface area contributed by atoms with Crippen molar-refractivity contribution in [3.8, 4) is 0 Å². The lowest BCUT2D eigenvalue weighted by molar-refractivity contribution is -0.140. The number of rotatable bonds is 6. The lowest BCUT2D eigenvalue weighted by Crippen LogP contribution is -2.47. The minimum absolute atomic E-state index is 0.00294. The number of carbonyl (C=O) groups is 1. The highest BCUT2D eigenvalue weighted by molar-refractivity contribution is 5.92. The van der Waals surface area contributed by atoms with Crippen LogP contribution in [0.2, 0.25) is 0 Å². The fourth-order valence-electron chi connectivity index (χ4n) is 2.86. The van der Waals surface area contributed by atoms with Crippen molar-refractivity contribution < 1.29 is 19.0 Å². The van der Waals surface area contributed by atoms with Gasteiger partial charge < -0.3 is 14.2 Å². The molecule has 0 atom stereocenters. The van der Waals surface area contributed by atoms with Gasteiger partial charge in [-0.2, -0.15) is 0 Å². The molecule has 7 heteroatoms. The molecule has 0 aliphatic carbocycles. The van der Waals surface area contributed by atoms with Crippen LogP contribution >= 0.6 is 0 Å². The first-order valence-corrected chi connectivity index (χ1v) is 8.44. The molecular formula is C18H25N3O4.